The first-order valence-electron chi connectivity index (χ1n) is 3.57. The monoisotopic (exact) mass is 142 g/mol. The fourth-order valence-corrected chi connectivity index (χ4v) is 2.45. The second-order valence-corrected chi connectivity index (χ2v) is 4.67. The zero-order chi connectivity index (χ0) is 6.53. The topological polar surface area (TPSA) is 9.23 Å². The minimum Gasteiger partial charge on any atom is -0.427 e. The van der Waals surface area contributed by atoms with Gasteiger partial charge < -0.3 is 4.43 Å². The van der Waals surface area contributed by atoms with Crippen molar-refractivity contribution in [3.8, 4) is 0 Å². The maximum atomic E-state index is 5.19. The van der Waals surface area contributed by atoms with Crippen LogP contribution in [-0.2, 0) is 4.43 Å². The quantitative estimate of drug-likeness (QED) is 0.416. The molecule has 1 aliphatic rings. The average Bonchev–Trinajstić information content (AvgIpc) is 1.91. The Morgan fingerprint density at radius 1 is 1.56 bits per heavy atom. The van der Waals surface area contributed by atoms with Crippen LogP contribution in [0.4, 0.5) is 0 Å². The highest BCUT2D eigenvalue weighted by Gasteiger charge is 2.08. The van der Waals surface area contributed by atoms with Crippen molar-refractivity contribution in [2.75, 3.05) is 7.11 Å². The molecule has 52 valence electrons. The van der Waals surface area contributed by atoms with Gasteiger partial charge in [0.05, 0.1) is 0 Å². The molecular weight excluding hydrogens is 128 g/mol. The van der Waals surface area contributed by atoms with Crippen molar-refractivity contribution < 1.29 is 4.43 Å². The minimum atomic E-state index is -0.175. The lowest BCUT2D eigenvalue weighted by Gasteiger charge is -2.14. The maximum Gasteiger partial charge on any atom is 0.164 e. The van der Waals surface area contributed by atoms with Crippen molar-refractivity contribution in [1.29, 1.82) is 0 Å². The third-order valence-corrected chi connectivity index (χ3v) is 3.33. The van der Waals surface area contributed by atoms with Crippen LogP contribution in [0.5, 0.6) is 0 Å². The summed E-state index contributed by atoms with van der Waals surface area (Å²) in [6, 6.07) is 0. The standard InChI is InChI=1S/C7H14OSi/c1-8-9-7-5-3-2-4-6-7/h2-3,7H,4-6,9H2,1H3. The zero-order valence-corrected chi connectivity index (χ0v) is 7.38. The van der Waals surface area contributed by atoms with E-state index in [1.165, 1.54) is 19.3 Å². The van der Waals surface area contributed by atoms with E-state index in [-0.39, 0.29) is 9.76 Å². The molecule has 0 fully saturated rings. The average molecular weight is 142 g/mol. The highest BCUT2D eigenvalue weighted by Crippen LogP contribution is 2.22. The summed E-state index contributed by atoms with van der Waals surface area (Å²) in [4.78, 5) is 0. The van der Waals surface area contributed by atoms with E-state index in [9.17, 15) is 0 Å². The highest BCUT2D eigenvalue weighted by atomic mass is 28.2. The van der Waals surface area contributed by atoms with Gasteiger partial charge in [-0.15, -0.1) is 0 Å². The fraction of sp³-hybridized carbons (Fsp3) is 0.714. The first-order valence-corrected chi connectivity index (χ1v) is 4.97. The summed E-state index contributed by atoms with van der Waals surface area (Å²) in [5.41, 5.74) is 0.931. The van der Waals surface area contributed by atoms with Crippen LogP contribution in [-0.4, -0.2) is 16.9 Å². The zero-order valence-electron chi connectivity index (χ0n) is 5.97. The van der Waals surface area contributed by atoms with Crippen molar-refractivity contribution in [1.82, 2.24) is 0 Å². The van der Waals surface area contributed by atoms with Gasteiger partial charge in [-0.1, -0.05) is 12.2 Å². The van der Waals surface area contributed by atoms with E-state index in [1.807, 2.05) is 7.11 Å². The number of rotatable bonds is 2. The van der Waals surface area contributed by atoms with E-state index in [1.54, 1.807) is 0 Å². The van der Waals surface area contributed by atoms with Crippen LogP contribution in [0.15, 0.2) is 12.2 Å². The Labute approximate surface area is 59.0 Å². The molecule has 0 N–H and O–H groups in total. The molecule has 0 amide bonds. The van der Waals surface area contributed by atoms with Gasteiger partial charge in [-0.2, -0.15) is 0 Å². The lowest BCUT2D eigenvalue weighted by molar-refractivity contribution is 0.424. The predicted octanol–water partition coefficient (Wildman–Crippen LogP) is 1.25. The van der Waals surface area contributed by atoms with Crippen LogP contribution in [0.1, 0.15) is 19.3 Å². The molecule has 1 atom stereocenters. The molecule has 1 rings (SSSR count). The maximum absolute atomic E-state index is 5.19. The van der Waals surface area contributed by atoms with Crippen LogP contribution < -0.4 is 0 Å². The summed E-state index contributed by atoms with van der Waals surface area (Å²) >= 11 is 0. The Morgan fingerprint density at radius 2 is 2.44 bits per heavy atom. The molecule has 0 spiro atoms. The summed E-state index contributed by atoms with van der Waals surface area (Å²) in [6.07, 6.45) is 8.50. The summed E-state index contributed by atoms with van der Waals surface area (Å²) in [5, 5.41) is 0. The van der Waals surface area contributed by atoms with Gasteiger partial charge in [0, 0.05) is 7.11 Å². The molecule has 9 heavy (non-hydrogen) atoms. The van der Waals surface area contributed by atoms with Crippen LogP contribution in [0.25, 0.3) is 0 Å². The third-order valence-electron chi connectivity index (χ3n) is 1.78. The van der Waals surface area contributed by atoms with Crippen LogP contribution in [0, 0.1) is 0 Å². The van der Waals surface area contributed by atoms with Crippen molar-refractivity contribution >= 4 is 9.76 Å². The van der Waals surface area contributed by atoms with Crippen molar-refractivity contribution in [3.05, 3.63) is 12.2 Å². The van der Waals surface area contributed by atoms with E-state index >= 15 is 0 Å². The molecule has 1 unspecified atom stereocenters. The molecule has 0 aromatic carbocycles. The van der Waals surface area contributed by atoms with E-state index in [0.29, 0.717) is 0 Å². The Hall–Kier alpha value is -0.0831. The smallest absolute Gasteiger partial charge is 0.164 e. The van der Waals surface area contributed by atoms with E-state index in [4.69, 9.17) is 4.43 Å². The molecular formula is C7H14OSi. The second kappa shape index (κ2) is 3.85. The highest BCUT2D eigenvalue weighted by molar-refractivity contribution is 6.29. The van der Waals surface area contributed by atoms with E-state index in [2.05, 4.69) is 12.2 Å². The molecule has 0 saturated heterocycles. The number of allylic oxidation sites excluding steroid dienone is 2. The summed E-state index contributed by atoms with van der Waals surface area (Å²) in [6.45, 7) is 0. The predicted molar refractivity (Wildman–Crippen MR) is 42.3 cm³/mol. The van der Waals surface area contributed by atoms with Crippen molar-refractivity contribution in [3.63, 3.8) is 0 Å². The van der Waals surface area contributed by atoms with Gasteiger partial charge in [-0.05, 0) is 24.8 Å². The summed E-state index contributed by atoms with van der Waals surface area (Å²) in [5.74, 6) is 0. The molecule has 0 aromatic heterocycles. The molecule has 1 nitrogen and oxygen atoms in total. The van der Waals surface area contributed by atoms with Crippen molar-refractivity contribution in [2.45, 2.75) is 24.8 Å². The van der Waals surface area contributed by atoms with Crippen LogP contribution in [0.3, 0.4) is 0 Å². The van der Waals surface area contributed by atoms with E-state index < -0.39 is 0 Å². The Balaban J connectivity index is 2.18. The van der Waals surface area contributed by atoms with Gasteiger partial charge in [0.15, 0.2) is 9.76 Å². The molecule has 0 heterocycles. The first-order chi connectivity index (χ1) is 4.43. The molecule has 0 saturated carbocycles. The largest absolute Gasteiger partial charge is 0.427 e. The van der Waals surface area contributed by atoms with Gasteiger partial charge in [0.1, 0.15) is 0 Å². The van der Waals surface area contributed by atoms with Crippen LogP contribution in [0.2, 0.25) is 5.54 Å². The Morgan fingerprint density at radius 3 is 3.00 bits per heavy atom. The Kier molecular flexibility index (Phi) is 3.01. The van der Waals surface area contributed by atoms with Gasteiger partial charge in [-0.25, -0.2) is 0 Å². The lowest BCUT2D eigenvalue weighted by Crippen LogP contribution is -2.06. The molecule has 0 aromatic rings. The molecule has 0 bridgehead atoms. The van der Waals surface area contributed by atoms with Gasteiger partial charge >= 0.3 is 0 Å². The molecule has 1 aliphatic carbocycles. The van der Waals surface area contributed by atoms with Crippen molar-refractivity contribution in [2.24, 2.45) is 0 Å². The summed E-state index contributed by atoms with van der Waals surface area (Å²) in [7, 11) is 1.66. The second-order valence-electron chi connectivity index (χ2n) is 2.61. The molecule has 0 radical (unpaired) electrons. The first kappa shape index (κ1) is 7.03. The molecule has 0 aliphatic heterocycles. The number of hydrogen-bond acceptors (Lipinski definition) is 1. The lowest BCUT2D eigenvalue weighted by atomic mass is 10.1. The number of hydrogen-bond donors (Lipinski definition) is 0. The van der Waals surface area contributed by atoms with Gasteiger partial charge in [0.2, 0.25) is 0 Å². The van der Waals surface area contributed by atoms with E-state index in [0.717, 1.165) is 5.54 Å². The SMILES string of the molecule is CO[SiH2]C1CC=CCC1. The normalized spacial score (nSPS) is 27.9. The van der Waals surface area contributed by atoms with Gasteiger partial charge in [-0.3, -0.25) is 0 Å². The summed E-state index contributed by atoms with van der Waals surface area (Å²) < 4.78 is 5.19. The molecule has 2 heteroatoms. The fourth-order valence-electron chi connectivity index (χ4n) is 1.24. The Bertz CT molecular complexity index is 101. The van der Waals surface area contributed by atoms with Gasteiger partial charge in [0.25, 0.3) is 0 Å². The van der Waals surface area contributed by atoms with Crippen LogP contribution >= 0.6 is 0 Å². The minimum absolute atomic E-state index is 0.175. The third kappa shape index (κ3) is 2.33.